The fourth-order valence-corrected chi connectivity index (χ4v) is 4.92. The summed E-state index contributed by atoms with van der Waals surface area (Å²) in [5.41, 5.74) is 1.21. The van der Waals surface area contributed by atoms with Crippen LogP contribution in [0.2, 0.25) is 5.02 Å². The summed E-state index contributed by atoms with van der Waals surface area (Å²) in [6.07, 6.45) is 0. The van der Waals surface area contributed by atoms with Crippen molar-refractivity contribution in [2.45, 2.75) is 13.0 Å². The smallest absolute Gasteiger partial charge is 0.350 e. The van der Waals surface area contributed by atoms with Gasteiger partial charge in [0.1, 0.15) is 10.6 Å². The molecule has 0 bridgehead atoms. The van der Waals surface area contributed by atoms with Gasteiger partial charge in [-0.05, 0) is 48.9 Å². The molecule has 1 fully saturated rings. The summed E-state index contributed by atoms with van der Waals surface area (Å²) in [6, 6.07) is 12.3. The van der Waals surface area contributed by atoms with Gasteiger partial charge in [0, 0.05) is 15.1 Å². The summed E-state index contributed by atoms with van der Waals surface area (Å²) < 4.78 is 5.59. The second kappa shape index (κ2) is 9.09. The molecule has 1 saturated heterocycles. The second-order valence-corrected chi connectivity index (χ2v) is 9.46. The molecule has 0 spiro atoms. The SMILES string of the molecule is COC(=O)c1sc(N2C(=O)C(=O)C(=C(O)c3ccc(Cl)cc3)[C@@H]2c2ccc(Br)cc2)nc1C. The normalized spacial score (nSPS) is 17.5. The number of nitrogens with zero attached hydrogens (tertiary/aromatic N) is 2. The monoisotopic (exact) mass is 546 g/mol. The molecule has 0 aliphatic carbocycles. The summed E-state index contributed by atoms with van der Waals surface area (Å²) in [7, 11) is 1.25. The first-order valence-electron chi connectivity index (χ1n) is 9.61. The molecule has 7 nitrogen and oxygen atoms in total. The molecule has 2 heterocycles. The topological polar surface area (TPSA) is 96.8 Å². The lowest BCUT2D eigenvalue weighted by Crippen LogP contribution is -2.29. The van der Waals surface area contributed by atoms with E-state index < -0.39 is 23.7 Å². The van der Waals surface area contributed by atoms with Gasteiger partial charge in [-0.3, -0.25) is 14.5 Å². The Balaban J connectivity index is 1.93. The number of anilines is 1. The summed E-state index contributed by atoms with van der Waals surface area (Å²) in [5.74, 6) is -2.64. The van der Waals surface area contributed by atoms with Gasteiger partial charge in [-0.25, -0.2) is 9.78 Å². The Kier molecular flexibility index (Phi) is 6.38. The predicted octanol–water partition coefficient (Wildman–Crippen LogP) is 5.28. The number of rotatable bonds is 4. The number of benzene rings is 2. The van der Waals surface area contributed by atoms with Crippen molar-refractivity contribution in [2.24, 2.45) is 0 Å². The van der Waals surface area contributed by atoms with Crippen LogP contribution in [0.5, 0.6) is 0 Å². The fraction of sp³-hybridized carbons (Fsp3) is 0.130. The van der Waals surface area contributed by atoms with E-state index in [2.05, 4.69) is 20.9 Å². The molecule has 33 heavy (non-hydrogen) atoms. The van der Waals surface area contributed by atoms with Gasteiger partial charge in [0.2, 0.25) is 0 Å². The molecule has 0 radical (unpaired) electrons. The largest absolute Gasteiger partial charge is 0.507 e. The molecular weight excluding hydrogens is 532 g/mol. The van der Waals surface area contributed by atoms with Crippen LogP contribution in [0, 0.1) is 6.92 Å². The Morgan fingerprint density at radius 2 is 1.79 bits per heavy atom. The zero-order chi connectivity index (χ0) is 23.9. The first kappa shape index (κ1) is 23.2. The summed E-state index contributed by atoms with van der Waals surface area (Å²) in [5, 5.41) is 11.7. The second-order valence-electron chi connectivity index (χ2n) is 7.13. The number of aliphatic hydroxyl groups is 1. The number of esters is 1. The summed E-state index contributed by atoms with van der Waals surface area (Å²) in [6.45, 7) is 1.62. The minimum atomic E-state index is -0.954. The van der Waals surface area contributed by atoms with Gasteiger partial charge in [-0.2, -0.15) is 0 Å². The van der Waals surface area contributed by atoms with Crippen LogP contribution in [0.15, 0.2) is 58.6 Å². The van der Waals surface area contributed by atoms with Crippen LogP contribution in [0.1, 0.15) is 32.5 Å². The molecule has 10 heteroatoms. The lowest BCUT2D eigenvalue weighted by Gasteiger charge is -2.23. The van der Waals surface area contributed by atoms with Crippen molar-refractivity contribution in [1.82, 2.24) is 4.98 Å². The van der Waals surface area contributed by atoms with E-state index in [-0.39, 0.29) is 21.3 Å². The maximum absolute atomic E-state index is 13.2. The molecule has 2 aromatic carbocycles. The van der Waals surface area contributed by atoms with Gasteiger partial charge in [-0.1, -0.05) is 51.0 Å². The van der Waals surface area contributed by atoms with E-state index >= 15 is 0 Å². The number of carbonyl (C=O) groups is 3. The number of halogens is 2. The van der Waals surface area contributed by atoms with Crippen molar-refractivity contribution in [3.8, 4) is 0 Å². The zero-order valence-electron chi connectivity index (χ0n) is 17.3. The van der Waals surface area contributed by atoms with E-state index in [9.17, 15) is 19.5 Å². The van der Waals surface area contributed by atoms with Gasteiger partial charge in [-0.15, -0.1) is 0 Å². The van der Waals surface area contributed by atoms with Crippen molar-refractivity contribution in [3.05, 3.63) is 85.3 Å². The number of ether oxygens (including phenoxy) is 1. The van der Waals surface area contributed by atoms with Gasteiger partial charge in [0.15, 0.2) is 5.13 Å². The number of aromatic nitrogens is 1. The minimum Gasteiger partial charge on any atom is -0.507 e. The highest BCUT2D eigenvalue weighted by Gasteiger charge is 2.48. The number of methoxy groups -OCH3 is 1. The van der Waals surface area contributed by atoms with Crippen molar-refractivity contribution in [3.63, 3.8) is 0 Å². The number of aliphatic hydroxyl groups excluding tert-OH is 1. The molecular formula is C23H16BrClN2O5S. The molecule has 3 aromatic rings. The molecule has 4 rings (SSSR count). The molecule has 168 valence electrons. The average molecular weight is 548 g/mol. The van der Waals surface area contributed by atoms with Gasteiger partial charge in [0.25, 0.3) is 5.78 Å². The Hall–Kier alpha value is -3.01. The van der Waals surface area contributed by atoms with Crippen LogP contribution in [0.4, 0.5) is 5.13 Å². The Bertz CT molecular complexity index is 1300. The minimum absolute atomic E-state index is 0.0860. The van der Waals surface area contributed by atoms with E-state index in [1.165, 1.54) is 12.0 Å². The number of hydrogen-bond acceptors (Lipinski definition) is 7. The molecule has 0 unspecified atom stereocenters. The van der Waals surface area contributed by atoms with Crippen molar-refractivity contribution >= 4 is 67.4 Å². The first-order valence-corrected chi connectivity index (χ1v) is 11.6. The van der Waals surface area contributed by atoms with E-state index in [1.807, 2.05) is 0 Å². The van der Waals surface area contributed by atoms with Gasteiger partial charge in [0.05, 0.1) is 24.4 Å². The quantitative estimate of drug-likeness (QED) is 0.207. The first-order chi connectivity index (χ1) is 15.7. The Morgan fingerprint density at radius 1 is 1.15 bits per heavy atom. The third kappa shape index (κ3) is 4.19. The van der Waals surface area contributed by atoms with Crippen LogP contribution in [0.25, 0.3) is 5.76 Å². The number of aryl methyl sites for hydroxylation is 1. The number of carbonyl (C=O) groups excluding carboxylic acids is 3. The number of thiazole rings is 1. The van der Waals surface area contributed by atoms with Crippen molar-refractivity contribution < 1.29 is 24.2 Å². The molecule has 0 saturated carbocycles. The van der Waals surface area contributed by atoms with E-state index in [4.69, 9.17) is 16.3 Å². The molecule has 1 atom stereocenters. The van der Waals surface area contributed by atoms with E-state index in [0.717, 1.165) is 15.8 Å². The number of Topliss-reactive ketones (excluding diaryl/α,β-unsaturated/α-hetero) is 1. The maximum atomic E-state index is 13.2. The Labute approximate surface area is 206 Å². The molecule has 1 aromatic heterocycles. The number of amides is 1. The summed E-state index contributed by atoms with van der Waals surface area (Å²) in [4.78, 5) is 44.2. The van der Waals surface area contributed by atoms with E-state index in [1.54, 1.807) is 55.5 Å². The molecule has 1 N–H and O–H groups in total. The van der Waals surface area contributed by atoms with Crippen LogP contribution in [-0.2, 0) is 14.3 Å². The molecule has 1 aliphatic heterocycles. The zero-order valence-corrected chi connectivity index (χ0v) is 20.5. The van der Waals surface area contributed by atoms with Crippen LogP contribution >= 0.6 is 38.9 Å². The third-order valence-electron chi connectivity index (χ3n) is 5.11. The number of hydrogen-bond donors (Lipinski definition) is 1. The maximum Gasteiger partial charge on any atom is 0.350 e. The highest BCUT2D eigenvalue weighted by molar-refractivity contribution is 9.10. The fourth-order valence-electron chi connectivity index (χ4n) is 3.52. The molecule has 1 amide bonds. The third-order valence-corrected chi connectivity index (χ3v) is 7.03. The van der Waals surface area contributed by atoms with E-state index in [0.29, 0.717) is 21.8 Å². The van der Waals surface area contributed by atoms with Gasteiger partial charge < -0.3 is 9.84 Å². The number of ketones is 1. The van der Waals surface area contributed by atoms with Crippen LogP contribution in [-0.4, -0.2) is 34.9 Å². The van der Waals surface area contributed by atoms with Crippen molar-refractivity contribution in [1.29, 1.82) is 0 Å². The standard InChI is InChI=1S/C23H16BrClN2O5S/c1-11-20(22(31)32-2)33-23(26-11)27-17(12-3-7-14(24)8-4-12)16(19(29)21(27)30)18(28)13-5-9-15(25)10-6-13/h3-10,17,28H,1-2H3/t17-/m0/s1. The Morgan fingerprint density at radius 3 is 2.39 bits per heavy atom. The average Bonchev–Trinajstić information content (AvgIpc) is 3.31. The van der Waals surface area contributed by atoms with Crippen LogP contribution < -0.4 is 4.90 Å². The lowest BCUT2D eigenvalue weighted by molar-refractivity contribution is -0.132. The highest BCUT2D eigenvalue weighted by atomic mass is 79.9. The lowest BCUT2D eigenvalue weighted by atomic mass is 9.95. The van der Waals surface area contributed by atoms with Crippen molar-refractivity contribution in [2.75, 3.05) is 12.0 Å². The summed E-state index contributed by atoms with van der Waals surface area (Å²) >= 11 is 10.3. The van der Waals surface area contributed by atoms with Crippen LogP contribution in [0.3, 0.4) is 0 Å². The highest BCUT2D eigenvalue weighted by Crippen LogP contribution is 2.44. The predicted molar refractivity (Wildman–Crippen MR) is 129 cm³/mol. The van der Waals surface area contributed by atoms with Gasteiger partial charge >= 0.3 is 11.9 Å². The molecule has 1 aliphatic rings.